The summed E-state index contributed by atoms with van der Waals surface area (Å²) in [6, 6.07) is 11.8. The molecule has 7 heteroatoms. The SMILES string of the molecule is C=COC(=N)c1ccc(C)c(-c2ccc(NC(=O)c3c(F)cccc3F)cn2)c1. The molecule has 146 valence electrons. The third-order valence-corrected chi connectivity index (χ3v) is 4.19. The molecule has 0 saturated carbocycles. The average molecular weight is 393 g/mol. The van der Waals surface area contributed by atoms with E-state index in [1.807, 2.05) is 13.0 Å². The third-order valence-electron chi connectivity index (χ3n) is 4.19. The van der Waals surface area contributed by atoms with Gasteiger partial charge in [-0.15, -0.1) is 0 Å². The second-order valence-electron chi connectivity index (χ2n) is 6.13. The van der Waals surface area contributed by atoms with Crippen molar-refractivity contribution in [1.29, 1.82) is 5.41 Å². The lowest BCUT2D eigenvalue weighted by molar-refractivity contribution is 0.101. The molecule has 29 heavy (non-hydrogen) atoms. The molecule has 1 aromatic heterocycles. The number of hydrogen-bond donors (Lipinski definition) is 2. The summed E-state index contributed by atoms with van der Waals surface area (Å²) in [4.78, 5) is 16.5. The summed E-state index contributed by atoms with van der Waals surface area (Å²) < 4.78 is 32.5. The van der Waals surface area contributed by atoms with Gasteiger partial charge >= 0.3 is 0 Å². The molecule has 1 heterocycles. The van der Waals surface area contributed by atoms with Crippen molar-refractivity contribution in [2.45, 2.75) is 6.92 Å². The number of aromatic nitrogens is 1. The van der Waals surface area contributed by atoms with Gasteiger partial charge in [0.05, 0.1) is 23.8 Å². The van der Waals surface area contributed by atoms with Crippen molar-refractivity contribution in [1.82, 2.24) is 4.98 Å². The number of pyridine rings is 1. The van der Waals surface area contributed by atoms with Gasteiger partial charge in [0.2, 0.25) is 5.90 Å². The first-order valence-corrected chi connectivity index (χ1v) is 8.59. The number of aryl methyl sites for hydroxylation is 1. The second-order valence-corrected chi connectivity index (χ2v) is 6.13. The van der Waals surface area contributed by atoms with Gasteiger partial charge in [-0.3, -0.25) is 15.2 Å². The van der Waals surface area contributed by atoms with Gasteiger partial charge in [0.25, 0.3) is 5.91 Å². The molecule has 0 aliphatic heterocycles. The largest absolute Gasteiger partial charge is 0.447 e. The zero-order valence-electron chi connectivity index (χ0n) is 15.5. The Labute approximate surface area is 166 Å². The molecule has 0 unspecified atom stereocenters. The number of ether oxygens (including phenoxy) is 1. The Kier molecular flexibility index (Phi) is 5.78. The first-order chi connectivity index (χ1) is 13.9. The van der Waals surface area contributed by atoms with Gasteiger partial charge in [-0.05, 0) is 48.9 Å². The highest BCUT2D eigenvalue weighted by molar-refractivity contribution is 6.04. The lowest BCUT2D eigenvalue weighted by Gasteiger charge is -2.10. The summed E-state index contributed by atoms with van der Waals surface area (Å²) in [7, 11) is 0. The third kappa shape index (κ3) is 4.35. The molecule has 0 saturated heterocycles. The molecule has 0 fully saturated rings. The van der Waals surface area contributed by atoms with Gasteiger partial charge in [-0.2, -0.15) is 0 Å². The number of nitrogens with zero attached hydrogens (tertiary/aromatic N) is 1. The van der Waals surface area contributed by atoms with Crippen LogP contribution in [-0.2, 0) is 4.74 Å². The minimum absolute atomic E-state index is 0.0444. The van der Waals surface area contributed by atoms with Crippen LogP contribution in [0.4, 0.5) is 14.5 Å². The van der Waals surface area contributed by atoms with E-state index < -0.39 is 23.1 Å². The fraction of sp³-hybridized carbons (Fsp3) is 0.0455. The van der Waals surface area contributed by atoms with Gasteiger partial charge in [0.1, 0.15) is 17.2 Å². The number of rotatable bonds is 5. The van der Waals surface area contributed by atoms with Crippen LogP contribution in [0.1, 0.15) is 21.5 Å². The highest BCUT2D eigenvalue weighted by Gasteiger charge is 2.17. The Bertz CT molecular complexity index is 1080. The van der Waals surface area contributed by atoms with E-state index in [0.717, 1.165) is 23.3 Å². The van der Waals surface area contributed by atoms with Crippen LogP contribution in [0, 0.1) is 24.0 Å². The van der Waals surface area contributed by atoms with Crippen molar-refractivity contribution in [2.24, 2.45) is 0 Å². The molecular formula is C22H17F2N3O2. The molecule has 1 amide bonds. The Balaban J connectivity index is 1.84. The summed E-state index contributed by atoms with van der Waals surface area (Å²) >= 11 is 0. The lowest BCUT2D eigenvalue weighted by Crippen LogP contribution is -2.16. The van der Waals surface area contributed by atoms with Gasteiger partial charge in [-0.25, -0.2) is 8.78 Å². The quantitative estimate of drug-likeness (QED) is 0.361. The van der Waals surface area contributed by atoms with Gasteiger partial charge < -0.3 is 10.1 Å². The smallest absolute Gasteiger partial charge is 0.261 e. The molecule has 2 aromatic carbocycles. The molecule has 3 aromatic rings. The van der Waals surface area contributed by atoms with E-state index in [1.54, 1.807) is 24.3 Å². The van der Waals surface area contributed by atoms with E-state index in [2.05, 4.69) is 16.9 Å². The summed E-state index contributed by atoms with van der Waals surface area (Å²) in [6.45, 7) is 5.33. The lowest BCUT2D eigenvalue weighted by atomic mass is 10.0. The number of anilines is 1. The van der Waals surface area contributed by atoms with Crippen LogP contribution in [0.3, 0.4) is 0 Å². The van der Waals surface area contributed by atoms with E-state index in [4.69, 9.17) is 10.1 Å². The Morgan fingerprint density at radius 1 is 1.17 bits per heavy atom. The topological polar surface area (TPSA) is 75.1 Å². The van der Waals surface area contributed by atoms with Gasteiger partial charge in [0.15, 0.2) is 0 Å². The van der Waals surface area contributed by atoms with Crippen molar-refractivity contribution >= 4 is 17.5 Å². The Morgan fingerprint density at radius 2 is 1.90 bits per heavy atom. The standard InChI is InChI=1S/C22H17F2N3O2/c1-3-29-21(25)14-8-7-13(2)16(11-14)19-10-9-15(12-26-19)27-22(28)20-17(23)5-4-6-18(20)24/h3-12,25H,1H2,2H3,(H,27,28). The highest BCUT2D eigenvalue weighted by Crippen LogP contribution is 2.25. The van der Waals surface area contributed by atoms with Crippen LogP contribution < -0.4 is 5.32 Å². The number of carbonyl (C=O) groups excluding carboxylic acids is 1. The van der Waals surface area contributed by atoms with Crippen molar-refractivity contribution in [3.8, 4) is 11.3 Å². The molecule has 0 radical (unpaired) electrons. The first kappa shape index (κ1) is 19.9. The molecule has 0 aliphatic carbocycles. The number of nitrogens with one attached hydrogen (secondary N) is 2. The summed E-state index contributed by atoms with van der Waals surface area (Å²) in [5, 5.41) is 10.3. The van der Waals surface area contributed by atoms with Crippen LogP contribution in [0.2, 0.25) is 0 Å². The van der Waals surface area contributed by atoms with E-state index in [-0.39, 0.29) is 11.6 Å². The second kappa shape index (κ2) is 8.43. The highest BCUT2D eigenvalue weighted by atomic mass is 19.1. The van der Waals surface area contributed by atoms with Crippen molar-refractivity contribution in [2.75, 3.05) is 5.32 Å². The summed E-state index contributed by atoms with van der Waals surface area (Å²) in [6.07, 6.45) is 2.57. The van der Waals surface area contributed by atoms with E-state index in [1.165, 1.54) is 18.5 Å². The Morgan fingerprint density at radius 3 is 2.52 bits per heavy atom. The van der Waals surface area contributed by atoms with Crippen LogP contribution in [0.25, 0.3) is 11.3 Å². The zero-order chi connectivity index (χ0) is 21.0. The van der Waals surface area contributed by atoms with Crippen LogP contribution in [-0.4, -0.2) is 16.8 Å². The maximum atomic E-state index is 13.7. The Hall–Kier alpha value is -3.87. The molecule has 5 nitrogen and oxygen atoms in total. The first-order valence-electron chi connectivity index (χ1n) is 8.59. The fourth-order valence-corrected chi connectivity index (χ4v) is 2.73. The molecular weight excluding hydrogens is 376 g/mol. The summed E-state index contributed by atoms with van der Waals surface area (Å²) in [5.74, 6) is -2.83. The van der Waals surface area contributed by atoms with Crippen molar-refractivity contribution < 1.29 is 18.3 Å². The predicted octanol–water partition coefficient (Wildman–Crippen LogP) is 5.07. The fourth-order valence-electron chi connectivity index (χ4n) is 2.73. The zero-order valence-corrected chi connectivity index (χ0v) is 15.5. The molecule has 0 aliphatic rings. The number of halogens is 2. The van der Waals surface area contributed by atoms with E-state index in [9.17, 15) is 13.6 Å². The van der Waals surface area contributed by atoms with Crippen LogP contribution in [0.5, 0.6) is 0 Å². The van der Waals surface area contributed by atoms with Gasteiger partial charge in [0, 0.05) is 11.1 Å². The average Bonchev–Trinajstić information content (AvgIpc) is 2.69. The van der Waals surface area contributed by atoms with Crippen molar-refractivity contribution in [3.05, 3.63) is 95.9 Å². The van der Waals surface area contributed by atoms with Gasteiger partial charge in [-0.1, -0.05) is 18.7 Å². The maximum absolute atomic E-state index is 13.7. The van der Waals surface area contributed by atoms with E-state index in [0.29, 0.717) is 11.3 Å². The molecule has 0 atom stereocenters. The normalized spacial score (nSPS) is 10.3. The molecule has 3 rings (SSSR count). The summed E-state index contributed by atoms with van der Waals surface area (Å²) in [5.41, 5.74) is 2.50. The van der Waals surface area contributed by atoms with Crippen LogP contribution >= 0.6 is 0 Å². The minimum atomic E-state index is -0.941. The molecule has 2 N–H and O–H groups in total. The maximum Gasteiger partial charge on any atom is 0.261 e. The van der Waals surface area contributed by atoms with Crippen LogP contribution in [0.15, 0.2) is 67.6 Å². The van der Waals surface area contributed by atoms with Crippen molar-refractivity contribution in [3.63, 3.8) is 0 Å². The monoisotopic (exact) mass is 393 g/mol. The number of amides is 1. The number of hydrogen-bond acceptors (Lipinski definition) is 4. The number of carbonyl (C=O) groups is 1. The van der Waals surface area contributed by atoms with E-state index >= 15 is 0 Å². The predicted molar refractivity (Wildman–Crippen MR) is 107 cm³/mol. The minimum Gasteiger partial charge on any atom is -0.447 e. The number of benzene rings is 2. The molecule has 0 bridgehead atoms. The molecule has 0 spiro atoms.